The molecule has 0 N–H and O–H groups in total. The van der Waals surface area contributed by atoms with Gasteiger partial charge in [-0.3, -0.25) is 9.97 Å². The average Bonchev–Trinajstić information content (AvgIpc) is 3.27. The van der Waals surface area contributed by atoms with Gasteiger partial charge in [-0.05, 0) is 64.2 Å². The fraction of sp³-hybridized carbons (Fsp3) is 0. The quantitative estimate of drug-likeness (QED) is 0.159. The minimum Gasteiger partial charge on any atom is -0.254 e. The first-order valence-corrected chi connectivity index (χ1v) is 17.9. The molecule has 0 unspecified atom stereocenters. The maximum atomic E-state index is 5.13. The van der Waals surface area contributed by atoms with Crippen LogP contribution in [-0.4, -0.2) is 24.9 Å². The summed E-state index contributed by atoms with van der Waals surface area (Å²) >= 11 is 0. The third kappa shape index (κ3) is 6.94. The predicted octanol–water partition coefficient (Wildman–Crippen LogP) is 12.0. The Balaban J connectivity index is 1.10. The van der Waals surface area contributed by atoms with Gasteiger partial charge in [0.05, 0.1) is 34.2 Å². The number of rotatable bonds is 8. The summed E-state index contributed by atoms with van der Waals surface area (Å²) in [5.74, 6) is 0.666. The van der Waals surface area contributed by atoms with Gasteiger partial charge in [-0.1, -0.05) is 152 Å². The summed E-state index contributed by atoms with van der Waals surface area (Å²) in [7, 11) is 0. The minimum absolute atomic E-state index is 0.666. The monoisotopic (exact) mass is 691 g/mol. The fourth-order valence-corrected chi connectivity index (χ4v) is 6.56. The average molecular weight is 692 g/mol. The van der Waals surface area contributed by atoms with Crippen molar-refractivity contribution in [2.75, 3.05) is 0 Å². The lowest BCUT2D eigenvalue weighted by Gasteiger charge is -2.12. The molecule has 4 aromatic heterocycles. The van der Waals surface area contributed by atoms with Crippen LogP contribution in [0.1, 0.15) is 0 Å². The Hall–Kier alpha value is -7.37. The molecule has 0 saturated carbocycles. The number of benzene rings is 5. The lowest BCUT2D eigenvalue weighted by atomic mass is 9.99. The van der Waals surface area contributed by atoms with Crippen molar-refractivity contribution < 1.29 is 0 Å². The lowest BCUT2D eigenvalue weighted by Crippen LogP contribution is -1.97. The van der Waals surface area contributed by atoms with Crippen LogP contribution in [0.2, 0.25) is 0 Å². The predicted molar refractivity (Wildman–Crippen MR) is 219 cm³/mol. The van der Waals surface area contributed by atoms with Crippen molar-refractivity contribution in [3.8, 4) is 90.1 Å². The first-order chi connectivity index (χ1) is 26.7. The van der Waals surface area contributed by atoms with E-state index in [2.05, 4.69) is 97.1 Å². The third-order valence-electron chi connectivity index (χ3n) is 9.43. The van der Waals surface area contributed by atoms with Gasteiger partial charge >= 0.3 is 0 Å². The highest BCUT2D eigenvalue weighted by Crippen LogP contribution is 2.33. The van der Waals surface area contributed by atoms with E-state index in [9.17, 15) is 0 Å². The van der Waals surface area contributed by atoms with E-state index in [4.69, 9.17) is 24.9 Å². The van der Waals surface area contributed by atoms with Crippen molar-refractivity contribution in [3.63, 3.8) is 0 Å². The molecule has 9 rings (SSSR count). The third-order valence-corrected chi connectivity index (χ3v) is 9.43. The molecule has 9 aromatic rings. The summed E-state index contributed by atoms with van der Waals surface area (Å²) < 4.78 is 0. The van der Waals surface area contributed by atoms with E-state index in [-0.39, 0.29) is 0 Å². The van der Waals surface area contributed by atoms with E-state index in [0.717, 1.165) is 73.1 Å². The molecule has 254 valence electrons. The largest absolute Gasteiger partial charge is 0.254 e. The second-order valence-corrected chi connectivity index (χ2v) is 13.0. The Morgan fingerprint density at radius 2 is 0.611 bits per heavy atom. The van der Waals surface area contributed by atoms with E-state index in [1.54, 1.807) is 0 Å². The molecular formula is C49H33N5. The molecule has 0 aliphatic heterocycles. The second kappa shape index (κ2) is 14.7. The van der Waals surface area contributed by atoms with Gasteiger partial charge in [0.25, 0.3) is 0 Å². The number of hydrogen-bond acceptors (Lipinski definition) is 5. The van der Waals surface area contributed by atoms with Gasteiger partial charge in [-0.25, -0.2) is 15.0 Å². The molecule has 0 fully saturated rings. The van der Waals surface area contributed by atoms with Crippen molar-refractivity contribution in [1.82, 2.24) is 24.9 Å². The highest BCUT2D eigenvalue weighted by atomic mass is 14.9. The molecule has 0 bridgehead atoms. The molecule has 4 heterocycles. The molecule has 5 heteroatoms. The van der Waals surface area contributed by atoms with Crippen molar-refractivity contribution >= 4 is 0 Å². The topological polar surface area (TPSA) is 64.5 Å². The molecule has 5 nitrogen and oxygen atoms in total. The van der Waals surface area contributed by atoms with E-state index in [1.165, 1.54) is 11.1 Å². The van der Waals surface area contributed by atoms with Gasteiger partial charge < -0.3 is 0 Å². The molecule has 0 aliphatic carbocycles. The fourth-order valence-electron chi connectivity index (χ4n) is 6.56. The van der Waals surface area contributed by atoms with Gasteiger partial charge in [-0.2, -0.15) is 0 Å². The van der Waals surface area contributed by atoms with Crippen molar-refractivity contribution in [3.05, 3.63) is 200 Å². The number of hydrogen-bond donors (Lipinski definition) is 0. The summed E-state index contributed by atoms with van der Waals surface area (Å²) in [4.78, 5) is 24.9. The Morgan fingerprint density at radius 3 is 1.11 bits per heavy atom. The normalized spacial score (nSPS) is 11.0. The van der Waals surface area contributed by atoms with E-state index in [1.807, 2.05) is 103 Å². The second-order valence-electron chi connectivity index (χ2n) is 13.0. The van der Waals surface area contributed by atoms with Crippen LogP contribution in [0.25, 0.3) is 90.1 Å². The smallest absolute Gasteiger partial charge is 0.160 e. The van der Waals surface area contributed by atoms with Gasteiger partial charge in [0.1, 0.15) is 0 Å². The van der Waals surface area contributed by atoms with Crippen LogP contribution in [0.3, 0.4) is 0 Å². The van der Waals surface area contributed by atoms with Gasteiger partial charge in [0.2, 0.25) is 0 Å². The maximum Gasteiger partial charge on any atom is 0.160 e. The van der Waals surface area contributed by atoms with Crippen LogP contribution >= 0.6 is 0 Å². The minimum atomic E-state index is 0.666. The molecule has 0 saturated heterocycles. The first kappa shape index (κ1) is 32.5. The van der Waals surface area contributed by atoms with Gasteiger partial charge in [-0.15, -0.1) is 0 Å². The summed E-state index contributed by atoms with van der Waals surface area (Å²) in [5, 5.41) is 0. The molecular weight excluding hydrogens is 659 g/mol. The summed E-state index contributed by atoms with van der Waals surface area (Å²) in [6.07, 6.45) is 3.78. The Labute approximate surface area is 314 Å². The Morgan fingerprint density at radius 1 is 0.222 bits per heavy atom. The highest BCUT2D eigenvalue weighted by molar-refractivity contribution is 5.78. The van der Waals surface area contributed by atoms with E-state index < -0.39 is 0 Å². The zero-order valence-electron chi connectivity index (χ0n) is 29.3. The lowest BCUT2D eigenvalue weighted by molar-refractivity contribution is 1.17. The molecule has 0 amide bonds. The van der Waals surface area contributed by atoms with Crippen molar-refractivity contribution in [2.24, 2.45) is 0 Å². The van der Waals surface area contributed by atoms with Crippen LogP contribution < -0.4 is 0 Å². The SMILES string of the molecule is c1ccc(-c2ccc(-c3cc(-c4ccc(-c5ccccc5)cn4)nc(-c4ccc(-c5cc(-c6ccccc6)nc(-c6ccccc6)n5)cn4)c3)cc2)cc1. The van der Waals surface area contributed by atoms with Crippen LogP contribution in [0.5, 0.6) is 0 Å². The van der Waals surface area contributed by atoms with Crippen molar-refractivity contribution in [2.45, 2.75) is 0 Å². The van der Waals surface area contributed by atoms with Crippen LogP contribution in [-0.2, 0) is 0 Å². The summed E-state index contributed by atoms with van der Waals surface area (Å²) in [6, 6.07) is 64.1. The standard InChI is InChI=1S/C49H33N5/c1-5-13-34(14-6-1)36-21-23-37(24-22-36)42-29-47(43-27-25-40(32-50-43)35-15-7-2-8-16-35)52-48(30-42)44-28-26-41(33-51-44)46-31-45(38-17-9-3-10-18-38)53-49(54-46)39-19-11-4-12-20-39/h1-33H. The molecule has 0 radical (unpaired) electrons. The van der Waals surface area contributed by atoms with Gasteiger partial charge in [0, 0.05) is 34.6 Å². The number of aromatic nitrogens is 5. The molecule has 0 atom stereocenters. The van der Waals surface area contributed by atoms with E-state index in [0.29, 0.717) is 5.82 Å². The summed E-state index contributed by atoms with van der Waals surface area (Å²) in [5.41, 5.74) is 14.2. The number of pyridine rings is 3. The maximum absolute atomic E-state index is 5.13. The zero-order chi connectivity index (χ0) is 36.1. The number of nitrogens with zero attached hydrogens (tertiary/aromatic N) is 5. The molecule has 0 aliphatic rings. The van der Waals surface area contributed by atoms with Crippen LogP contribution in [0, 0.1) is 0 Å². The molecule has 54 heavy (non-hydrogen) atoms. The van der Waals surface area contributed by atoms with Crippen LogP contribution in [0.4, 0.5) is 0 Å². The molecule has 0 spiro atoms. The first-order valence-electron chi connectivity index (χ1n) is 17.9. The Bertz CT molecular complexity index is 2490. The van der Waals surface area contributed by atoms with Crippen molar-refractivity contribution in [1.29, 1.82) is 0 Å². The summed E-state index contributed by atoms with van der Waals surface area (Å²) in [6.45, 7) is 0. The van der Waals surface area contributed by atoms with Gasteiger partial charge in [0.15, 0.2) is 5.82 Å². The highest BCUT2D eigenvalue weighted by Gasteiger charge is 2.14. The zero-order valence-corrected chi connectivity index (χ0v) is 29.3. The van der Waals surface area contributed by atoms with E-state index >= 15 is 0 Å². The Kier molecular flexibility index (Phi) is 8.86. The molecule has 5 aromatic carbocycles. The van der Waals surface area contributed by atoms with Crippen LogP contribution in [0.15, 0.2) is 200 Å².